The standard InChI is InChI=1S/C20H18O8.C13H17N3OS.H2O/c1-11-3-7-13(8-4-11)15(21)19(27,17(23)24)20(28,18(25)26)16(22)14-9-5-12(2)6-10-14;1-2-6-16-10-15-8-12(16)9-18(17)13-5-3-4-11(14)7-13;/h3-10,27-28H,1-2H3,(H,23,24)(H,25,26);3-5,7-8,10H,2,6,9,14H2,1H3;1H2. The van der Waals surface area contributed by atoms with Crippen molar-refractivity contribution in [2.24, 2.45) is 0 Å². The Balaban J connectivity index is 0.000000349. The number of rotatable bonds is 12. The zero-order valence-corrected chi connectivity index (χ0v) is 26.7. The highest BCUT2D eigenvalue weighted by atomic mass is 32.2. The van der Waals surface area contributed by atoms with Gasteiger partial charge in [-0.3, -0.25) is 9.59 Å². The van der Waals surface area contributed by atoms with Gasteiger partial charge in [-0.2, -0.15) is 0 Å². The summed E-state index contributed by atoms with van der Waals surface area (Å²) in [4.78, 5) is 54.0. The highest BCUT2D eigenvalue weighted by Gasteiger charge is 2.69. The molecule has 0 saturated heterocycles. The van der Waals surface area contributed by atoms with Crippen LogP contribution in [-0.4, -0.2) is 74.7 Å². The van der Waals surface area contributed by atoms with Crippen molar-refractivity contribution in [1.82, 2.24) is 9.55 Å². The van der Waals surface area contributed by atoms with Crippen LogP contribution in [-0.2, 0) is 33.1 Å². The Kier molecular flexibility index (Phi) is 13.1. The Morgan fingerprint density at radius 2 is 1.32 bits per heavy atom. The van der Waals surface area contributed by atoms with E-state index in [1.54, 1.807) is 38.5 Å². The van der Waals surface area contributed by atoms with Gasteiger partial charge < -0.3 is 40.8 Å². The van der Waals surface area contributed by atoms with Crippen LogP contribution in [0.2, 0.25) is 0 Å². The van der Waals surface area contributed by atoms with Crippen LogP contribution in [0.25, 0.3) is 0 Å². The molecule has 4 aromatic rings. The molecule has 0 bridgehead atoms. The molecule has 13 nitrogen and oxygen atoms in total. The van der Waals surface area contributed by atoms with Crippen molar-refractivity contribution in [2.75, 3.05) is 5.73 Å². The number of nitrogens with two attached hydrogens (primary N) is 1. The van der Waals surface area contributed by atoms with Crippen molar-refractivity contribution in [3.63, 3.8) is 0 Å². The maximum absolute atomic E-state index is 12.8. The molecule has 4 rings (SSSR count). The second kappa shape index (κ2) is 16.1. The number of aliphatic hydroxyl groups is 2. The van der Waals surface area contributed by atoms with Crippen molar-refractivity contribution >= 4 is 40.4 Å². The van der Waals surface area contributed by atoms with Gasteiger partial charge >= 0.3 is 11.9 Å². The average molecular weight is 668 g/mol. The first kappa shape index (κ1) is 38.3. The van der Waals surface area contributed by atoms with Gasteiger partial charge in [0.2, 0.25) is 11.6 Å². The first-order chi connectivity index (χ1) is 21.7. The minimum absolute atomic E-state index is 0. The molecule has 8 N–H and O–H groups in total. The van der Waals surface area contributed by atoms with Crippen LogP contribution in [0.3, 0.4) is 0 Å². The number of Topliss-reactive ketones (excluding diaryl/α,β-unsaturated/α-hetero) is 2. The number of aliphatic carboxylic acids is 2. The molecule has 0 aliphatic rings. The Morgan fingerprint density at radius 1 is 0.851 bits per heavy atom. The molecular formula is C33H37N3O10S. The summed E-state index contributed by atoms with van der Waals surface area (Å²) in [7, 11) is 0. The number of anilines is 1. The minimum atomic E-state index is -3.96. The molecule has 1 aromatic heterocycles. The smallest absolute Gasteiger partial charge is 0.348 e. The minimum Gasteiger partial charge on any atom is -0.611 e. The fourth-order valence-corrected chi connectivity index (χ4v) is 5.62. The number of nitrogen functional groups attached to an aromatic ring is 1. The van der Waals surface area contributed by atoms with E-state index in [0.29, 0.717) is 22.6 Å². The highest BCUT2D eigenvalue weighted by Crippen LogP contribution is 2.32. The Bertz CT molecular complexity index is 1630. The summed E-state index contributed by atoms with van der Waals surface area (Å²) in [5, 5.41) is 40.3. The van der Waals surface area contributed by atoms with Crippen LogP contribution in [0.5, 0.6) is 0 Å². The third-order valence-electron chi connectivity index (χ3n) is 7.09. The van der Waals surface area contributed by atoms with E-state index in [2.05, 4.69) is 11.9 Å². The second-order valence-electron chi connectivity index (χ2n) is 10.6. The maximum atomic E-state index is 12.8. The first-order valence-electron chi connectivity index (χ1n) is 14.0. The molecule has 3 atom stereocenters. The van der Waals surface area contributed by atoms with Gasteiger partial charge in [0.25, 0.3) is 11.2 Å². The largest absolute Gasteiger partial charge is 0.611 e. The molecule has 0 aliphatic heterocycles. The molecular weight excluding hydrogens is 630 g/mol. The number of benzene rings is 3. The Morgan fingerprint density at radius 3 is 1.72 bits per heavy atom. The van der Waals surface area contributed by atoms with Crippen LogP contribution in [0.1, 0.15) is 50.9 Å². The maximum Gasteiger partial charge on any atom is 0.348 e. The number of aryl methyl sites for hydroxylation is 3. The summed E-state index contributed by atoms with van der Waals surface area (Å²) in [6.45, 7) is 6.39. The monoisotopic (exact) mass is 667 g/mol. The number of ketones is 2. The summed E-state index contributed by atoms with van der Waals surface area (Å²) in [5.41, 5.74) is 0.0612. The molecule has 250 valence electrons. The molecule has 0 radical (unpaired) electrons. The SMILES string of the molecule is CCCn1cncc1C[S+]([O-])c1cccc(N)c1.Cc1ccc(C(=O)C(O)(C(=O)O)C(O)(C(=O)O)C(=O)c2ccc(C)cc2)cc1.O. The zero-order valence-electron chi connectivity index (χ0n) is 25.9. The quantitative estimate of drug-likeness (QED) is 0.0635. The summed E-state index contributed by atoms with van der Waals surface area (Å²) in [6, 6.07) is 17.6. The lowest BCUT2D eigenvalue weighted by molar-refractivity contribution is -0.187. The van der Waals surface area contributed by atoms with Gasteiger partial charge in [-0.1, -0.05) is 72.6 Å². The number of imidazole rings is 1. The van der Waals surface area contributed by atoms with Crippen molar-refractivity contribution in [1.29, 1.82) is 0 Å². The van der Waals surface area contributed by atoms with Crippen molar-refractivity contribution in [3.8, 4) is 0 Å². The summed E-state index contributed by atoms with van der Waals surface area (Å²) >= 11 is -1.08. The molecule has 0 amide bonds. The molecule has 14 heteroatoms. The summed E-state index contributed by atoms with van der Waals surface area (Å²) in [5.74, 6) is -7.54. The summed E-state index contributed by atoms with van der Waals surface area (Å²) < 4.78 is 14.3. The number of aromatic nitrogens is 2. The van der Waals surface area contributed by atoms with Crippen molar-refractivity contribution < 1.29 is 49.6 Å². The topological polar surface area (TPSA) is 248 Å². The third-order valence-corrected chi connectivity index (χ3v) is 8.43. The van der Waals surface area contributed by atoms with E-state index < -0.39 is 45.9 Å². The molecule has 0 aliphatic carbocycles. The molecule has 0 spiro atoms. The van der Waals surface area contributed by atoms with E-state index in [0.717, 1.165) is 47.8 Å². The molecule has 3 unspecified atom stereocenters. The Hall–Kier alpha value is -4.86. The number of nitrogens with zero attached hydrogens (tertiary/aromatic N) is 2. The number of hydrogen-bond donors (Lipinski definition) is 5. The van der Waals surface area contributed by atoms with Gasteiger partial charge in [0, 0.05) is 29.4 Å². The van der Waals surface area contributed by atoms with Crippen molar-refractivity contribution in [3.05, 3.63) is 113 Å². The van der Waals surface area contributed by atoms with Gasteiger partial charge in [-0.25, -0.2) is 14.6 Å². The lowest BCUT2D eigenvalue weighted by atomic mass is 9.73. The van der Waals surface area contributed by atoms with Gasteiger partial charge in [-0.05, 0) is 43.6 Å². The number of carbonyl (C=O) groups is 4. The van der Waals surface area contributed by atoms with E-state index in [-0.39, 0.29) is 16.6 Å². The molecule has 3 aromatic carbocycles. The number of carbonyl (C=O) groups excluding carboxylic acids is 2. The van der Waals surface area contributed by atoms with Crippen molar-refractivity contribution in [2.45, 2.75) is 55.6 Å². The first-order valence-corrected chi connectivity index (χ1v) is 15.4. The normalized spacial score (nSPS) is 13.8. The van der Waals surface area contributed by atoms with Gasteiger partial charge in [0.15, 0.2) is 10.6 Å². The van der Waals surface area contributed by atoms with Crippen LogP contribution >= 0.6 is 0 Å². The lowest BCUT2D eigenvalue weighted by Gasteiger charge is -2.34. The van der Waals surface area contributed by atoms with Gasteiger partial charge in [-0.15, -0.1) is 0 Å². The van der Waals surface area contributed by atoms with Gasteiger partial charge in [0.1, 0.15) is 0 Å². The number of carboxylic acids is 2. The van der Waals surface area contributed by atoms with E-state index >= 15 is 0 Å². The van der Waals surface area contributed by atoms with E-state index in [4.69, 9.17) is 5.73 Å². The molecule has 0 saturated carbocycles. The summed E-state index contributed by atoms with van der Waals surface area (Å²) in [6.07, 6.45) is 4.60. The number of carboxylic acid groups (broad SMARTS) is 2. The fraction of sp³-hybridized carbons (Fsp3) is 0.242. The predicted octanol–water partition coefficient (Wildman–Crippen LogP) is 2.36. The fourth-order valence-electron chi connectivity index (χ4n) is 4.44. The Labute approximate surface area is 273 Å². The van der Waals surface area contributed by atoms with Crippen LogP contribution < -0.4 is 5.73 Å². The predicted molar refractivity (Wildman–Crippen MR) is 173 cm³/mol. The van der Waals surface area contributed by atoms with E-state index in [1.165, 1.54) is 24.3 Å². The molecule has 47 heavy (non-hydrogen) atoms. The highest BCUT2D eigenvalue weighted by molar-refractivity contribution is 7.90. The molecule has 0 fully saturated rings. The van der Waals surface area contributed by atoms with E-state index in [1.807, 2.05) is 16.7 Å². The van der Waals surface area contributed by atoms with Crippen LogP contribution in [0.4, 0.5) is 5.69 Å². The third kappa shape index (κ3) is 8.30. The van der Waals surface area contributed by atoms with Gasteiger partial charge in [0.05, 0.1) is 18.2 Å². The average Bonchev–Trinajstić information content (AvgIpc) is 3.46. The zero-order chi connectivity index (χ0) is 34.2. The van der Waals surface area contributed by atoms with Crippen LogP contribution in [0, 0.1) is 13.8 Å². The van der Waals surface area contributed by atoms with E-state index in [9.17, 15) is 44.2 Å². The molecule has 1 heterocycles. The lowest BCUT2D eigenvalue weighted by Crippen LogP contribution is -2.71. The van der Waals surface area contributed by atoms with Crippen LogP contribution in [0.15, 0.2) is 90.2 Å². The second-order valence-corrected chi connectivity index (χ2v) is 12.0. The number of hydrogen-bond acceptors (Lipinski definition) is 9.